The number of amides is 2. The first kappa shape index (κ1) is 25.3. The van der Waals surface area contributed by atoms with Crippen molar-refractivity contribution in [2.45, 2.75) is 50.6 Å². The van der Waals surface area contributed by atoms with E-state index in [0.717, 1.165) is 47.0 Å². The van der Waals surface area contributed by atoms with E-state index in [-0.39, 0.29) is 18.4 Å². The van der Waals surface area contributed by atoms with Gasteiger partial charge in [0.1, 0.15) is 6.04 Å². The van der Waals surface area contributed by atoms with Gasteiger partial charge >= 0.3 is 0 Å². The molecule has 2 aromatic carbocycles. The Morgan fingerprint density at radius 3 is 2.46 bits per heavy atom. The number of benzene rings is 2. The van der Waals surface area contributed by atoms with Gasteiger partial charge in [-0.25, -0.2) is 0 Å². The summed E-state index contributed by atoms with van der Waals surface area (Å²) < 4.78 is 16.8. The van der Waals surface area contributed by atoms with Crippen LogP contribution >= 0.6 is 0 Å². The molecule has 2 atom stereocenters. The van der Waals surface area contributed by atoms with Crippen LogP contribution in [0.2, 0.25) is 0 Å². The number of H-pyrrole nitrogens is 1. The summed E-state index contributed by atoms with van der Waals surface area (Å²) in [4.78, 5) is 35.0. The lowest BCUT2D eigenvalue weighted by atomic mass is 9.86. The SMILES string of the molecule is COc1cc([C@H]2c3[nH]c4ccccc4c3C[C@H]3C(=O)N(CCC4=CCCCC4)CC(=O)N23)cc(OC)c1OC. The molecule has 3 aromatic rings. The van der Waals surface area contributed by atoms with Crippen molar-refractivity contribution in [3.63, 3.8) is 0 Å². The molecule has 8 nitrogen and oxygen atoms in total. The van der Waals surface area contributed by atoms with Crippen molar-refractivity contribution in [1.82, 2.24) is 14.8 Å². The molecule has 3 heterocycles. The molecule has 1 N–H and O–H groups in total. The summed E-state index contributed by atoms with van der Waals surface area (Å²) in [7, 11) is 4.72. The molecule has 8 heteroatoms. The van der Waals surface area contributed by atoms with E-state index in [1.54, 1.807) is 31.1 Å². The summed E-state index contributed by atoms with van der Waals surface area (Å²) in [6.45, 7) is 0.662. The number of nitrogens with zero attached hydrogens (tertiary/aromatic N) is 2. The van der Waals surface area contributed by atoms with Gasteiger partial charge in [-0.15, -0.1) is 0 Å². The van der Waals surface area contributed by atoms with Gasteiger partial charge in [-0.05, 0) is 61.4 Å². The fraction of sp³-hybridized carbons (Fsp3) is 0.419. The lowest BCUT2D eigenvalue weighted by Crippen LogP contribution is -2.63. The molecule has 1 saturated heterocycles. The Morgan fingerprint density at radius 2 is 1.77 bits per heavy atom. The summed E-state index contributed by atoms with van der Waals surface area (Å²) in [6, 6.07) is 10.8. The molecule has 6 rings (SSSR count). The van der Waals surface area contributed by atoms with Crippen LogP contribution in [0, 0.1) is 0 Å². The molecule has 0 saturated carbocycles. The lowest BCUT2D eigenvalue weighted by Gasteiger charge is -2.47. The van der Waals surface area contributed by atoms with Gasteiger partial charge in [-0.2, -0.15) is 0 Å². The summed E-state index contributed by atoms with van der Waals surface area (Å²) in [5, 5.41) is 1.08. The van der Waals surface area contributed by atoms with Gasteiger partial charge < -0.3 is 29.0 Å². The highest BCUT2D eigenvalue weighted by Gasteiger charge is 2.48. The quantitative estimate of drug-likeness (QED) is 0.446. The summed E-state index contributed by atoms with van der Waals surface area (Å²) in [6.07, 6.45) is 8.26. The third-order valence-electron chi connectivity index (χ3n) is 8.43. The standard InChI is InChI=1S/C31H35N3O5/c1-37-25-15-20(16-26(38-2)30(25)39-3)29-28-22(21-11-7-8-12-23(21)32-28)17-24-31(36)33(18-27(35)34(24)29)14-13-19-9-5-4-6-10-19/h7-9,11-12,15-16,24,29,32H,4-6,10,13-14,17-18H2,1-3H3/t24-,29-/m0/s1. The number of carbonyl (C=O) groups is 2. The Hall–Kier alpha value is -3.94. The first-order chi connectivity index (χ1) is 19.0. The van der Waals surface area contributed by atoms with Gasteiger partial charge in [0.2, 0.25) is 17.6 Å². The number of para-hydroxylation sites is 1. The van der Waals surface area contributed by atoms with Gasteiger partial charge in [0, 0.05) is 29.6 Å². The first-order valence-electron chi connectivity index (χ1n) is 13.7. The van der Waals surface area contributed by atoms with Crippen LogP contribution in [0.3, 0.4) is 0 Å². The van der Waals surface area contributed by atoms with Gasteiger partial charge in [0.15, 0.2) is 11.5 Å². The van der Waals surface area contributed by atoms with Gasteiger partial charge in [-0.3, -0.25) is 9.59 Å². The van der Waals surface area contributed by atoms with Crippen molar-refractivity contribution in [3.8, 4) is 17.2 Å². The van der Waals surface area contributed by atoms with E-state index >= 15 is 0 Å². The van der Waals surface area contributed by atoms with Crippen LogP contribution in [0.5, 0.6) is 17.2 Å². The number of aromatic amines is 1. The van der Waals surface area contributed by atoms with Crippen molar-refractivity contribution in [2.75, 3.05) is 34.4 Å². The number of allylic oxidation sites excluding steroid dienone is 1. The van der Waals surface area contributed by atoms with Crippen molar-refractivity contribution in [3.05, 3.63) is 64.9 Å². The molecule has 2 amide bonds. The van der Waals surface area contributed by atoms with Crippen molar-refractivity contribution in [2.24, 2.45) is 0 Å². The maximum absolute atomic E-state index is 14.0. The highest BCUT2D eigenvalue weighted by atomic mass is 16.5. The predicted molar refractivity (Wildman–Crippen MR) is 148 cm³/mol. The maximum atomic E-state index is 14.0. The molecule has 0 radical (unpaired) electrons. The number of nitrogens with one attached hydrogen (secondary N) is 1. The molecule has 1 fully saturated rings. The number of piperazine rings is 1. The molecule has 2 aliphatic heterocycles. The number of ether oxygens (including phenoxy) is 3. The van der Waals surface area contributed by atoms with Crippen LogP contribution in [0.15, 0.2) is 48.0 Å². The molecule has 0 unspecified atom stereocenters. The average molecular weight is 530 g/mol. The minimum absolute atomic E-state index is 0.0133. The summed E-state index contributed by atoms with van der Waals surface area (Å²) in [5.41, 5.74) is 5.18. The van der Waals surface area contributed by atoms with Crippen LogP contribution in [-0.2, 0) is 16.0 Å². The van der Waals surface area contributed by atoms with Crippen LogP contribution in [0.4, 0.5) is 0 Å². The third-order valence-corrected chi connectivity index (χ3v) is 8.43. The fourth-order valence-electron chi connectivity index (χ4n) is 6.53. The zero-order chi connectivity index (χ0) is 27.1. The monoisotopic (exact) mass is 529 g/mol. The number of fused-ring (bicyclic) bond motifs is 4. The molecular weight excluding hydrogens is 494 g/mol. The van der Waals surface area contributed by atoms with Gasteiger partial charge in [0.25, 0.3) is 0 Å². The Kier molecular flexibility index (Phi) is 6.71. The molecule has 0 bridgehead atoms. The van der Waals surface area contributed by atoms with Crippen LogP contribution in [-0.4, -0.2) is 67.1 Å². The number of rotatable bonds is 7. The Labute approximate surface area is 228 Å². The second kappa shape index (κ2) is 10.3. The zero-order valence-electron chi connectivity index (χ0n) is 22.8. The molecular formula is C31H35N3O5. The van der Waals surface area contributed by atoms with E-state index in [4.69, 9.17) is 14.2 Å². The minimum atomic E-state index is -0.581. The second-order valence-electron chi connectivity index (χ2n) is 10.6. The smallest absolute Gasteiger partial charge is 0.246 e. The summed E-state index contributed by atoms with van der Waals surface area (Å²) >= 11 is 0. The van der Waals surface area contributed by atoms with E-state index < -0.39 is 12.1 Å². The molecule has 3 aliphatic rings. The van der Waals surface area contributed by atoms with E-state index in [1.807, 2.05) is 30.3 Å². The number of carbonyl (C=O) groups excluding carboxylic acids is 2. The topological polar surface area (TPSA) is 84.1 Å². The first-order valence-corrected chi connectivity index (χ1v) is 13.7. The Morgan fingerprint density at radius 1 is 1.00 bits per heavy atom. The van der Waals surface area contributed by atoms with Crippen LogP contribution < -0.4 is 14.2 Å². The third kappa shape index (κ3) is 4.32. The van der Waals surface area contributed by atoms with Gasteiger partial charge in [0.05, 0.1) is 33.9 Å². The number of methoxy groups -OCH3 is 3. The fourth-order valence-corrected chi connectivity index (χ4v) is 6.53. The van der Waals surface area contributed by atoms with E-state index in [1.165, 1.54) is 18.4 Å². The van der Waals surface area contributed by atoms with E-state index in [0.29, 0.717) is 30.2 Å². The zero-order valence-corrected chi connectivity index (χ0v) is 22.8. The van der Waals surface area contributed by atoms with Crippen LogP contribution in [0.1, 0.15) is 55.0 Å². The average Bonchev–Trinajstić information content (AvgIpc) is 3.35. The highest BCUT2D eigenvalue weighted by molar-refractivity contribution is 5.97. The van der Waals surface area contributed by atoms with Crippen molar-refractivity contribution < 1.29 is 23.8 Å². The predicted octanol–water partition coefficient (Wildman–Crippen LogP) is 4.77. The number of aromatic nitrogens is 1. The molecule has 0 spiro atoms. The molecule has 1 aromatic heterocycles. The van der Waals surface area contributed by atoms with Crippen molar-refractivity contribution in [1.29, 1.82) is 0 Å². The normalized spacial score (nSPS) is 20.9. The van der Waals surface area contributed by atoms with E-state index in [2.05, 4.69) is 17.1 Å². The highest BCUT2D eigenvalue weighted by Crippen LogP contribution is 2.47. The Bertz CT molecular complexity index is 1430. The molecule has 39 heavy (non-hydrogen) atoms. The molecule has 1 aliphatic carbocycles. The van der Waals surface area contributed by atoms with Crippen molar-refractivity contribution >= 4 is 22.7 Å². The lowest BCUT2D eigenvalue weighted by molar-refractivity contribution is -0.158. The maximum Gasteiger partial charge on any atom is 0.246 e. The molecule has 204 valence electrons. The Balaban J connectivity index is 1.44. The van der Waals surface area contributed by atoms with E-state index in [9.17, 15) is 9.59 Å². The largest absolute Gasteiger partial charge is 0.493 e. The van der Waals surface area contributed by atoms with Crippen LogP contribution in [0.25, 0.3) is 10.9 Å². The number of hydrogen-bond donors (Lipinski definition) is 1. The number of hydrogen-bond acceptors (Lipinski definition) is 5. The summed E-state index contributed by atoms with van der Waals surface area (Å²) in [5.74, 6) is 1.45. The van der Waals surface area contributed by atoms with Gasteiger partial charge in [-0.1, -0.05) is 29.8 Å². The minimum Gasteiger partial charge on any atom is -0.493 e. The second-order valence-corrected chi connectivity index (χ2v) is 10.6.